The summed E-state index contributed by atoms with van der Waals surface area (Å²) in [4.78, 5) is 28.9. The molecule has 0 aliphatic carbocycles. The maximum absolute atomic E-state index is 12.7. The SMILES string of the molecule is CCN(CC)C(=O)N1CCC(CCOC)(NC(=O)Nc2cccc(C)c2)C1. The van der Waals surface area contributed by atoms with Crippen LogP contribution in [0.1, 0.15) is 32.3 Å². The van der Waals surface area contributed by atoms with E-state index < -0.39 is 5.54 Å². The number of nitrogens with zero attached hydrogens (tertiary/aromatic N) is 2. The summed E-state index contributed by atoms with van der Waals surface area (Å²) < 4.78 is 5.24. The van der Waals surface area contributed by atoms with Gasteiger partial charge in [0.2, 0.25) is 0 Å². The zero-order valence-electron chi connectivity index (χ0n) is 16.9. The minimum Gasteiger partial charge on any atom is -0.385 e. The molecule has 0 aromatic heterocycles. The number of urea groups is 2. The number of benzene rings is 1. The van der Waals surface area contributed by atoms with Gasteiger partial charge in [-0.05, 0) is 51.3 Å². The second kappa shape index (κ2) is 9.60. The van der Waals surface area contributed by atoms with Crippen LogP contribution in [0.15, 0.2) is 24.3 Å². The molecule has 1 heterocycles. The fraction of sp³-hybridized carbons (Fsp3) is 0.600. The third-order valence-corrected chi connectivity index (χ3v) is 5.10. The van der Waals surface area contributed by atoms with Gasteiger partial charge in [0.15, 0.2) is 0 Å². The Hall–Kier alpha value is -2.28. The molecule has 150 valence electrons. The van der Waals surface area contributed by atoms with E-state index in [1.54, 1.807) is 12.0 Å². The third-order valence-electron chi connectivity index (χ3n) is 5.10. The lowest BCUT2D eigenvalue weighted by atomic mass is 9.94. The molecule has 4 amide bonds. The van der Waals surface area contributed by atoms with Gasteiger partial charge in [-0.15, -0.1) is 0 Å². The first-order valence-corrected chi connectivity index (χ1v) is 9.61. The molecule has 1 atom stereocenters. The van der Waals surface area contributed by atoms with Crippen LogP contribution in [0.4, 0.5) is 15.3 Å². The van der Waals surface area contributed by atoms with Gasteiger partial charge >= 0.3 is 12.1 Å². The van der Waals surface area contributed by atoms with Crippen molar-refractivity contribution < 1.29 is 14.3 Å². The quantitative estimate of drug-likeness (QED) is 0.768. The number of nitrogens with one attached hydrogen (secondary N) is 2. The van der Waals surface area contributed by atoms with Gasteiger partial charge in [0, 0.05) is 45.6 Å². The summed E-state index contributed by atoms with van der Waals surface area (Å²) in [6.07, 6.45) is 1.37. The Labute approximate surface area is 162 Å². The lowest BCUT2D eigenvalue weighted by Crippen LogP contribution is -2.53. The second-order valence-electron chi connectivity index (χ2n) is 7.10. The minimum absolute atomic E-state index is 0.0279. The molecule has 1 fully saturated rings. The number of anilines is 1. The number of carbonyl (C=O) groups excluding carboxylic acids is 2. The van der Waals surface area contributed by atoms with Gasteiger partial charge in [-0.25, -0.2) is 9.59 Å². The maximum atomic E-state index is 12.7. The molecule has 0 saturated carbocycles. The van der Waals surface area contributed by atoms with E-state index >= 15 is 0 Å². The molecule has 2 rings (SSSR count). The van der Waals surface area contributed by atoms with Crippen LogP contribution in [0.25, 0.3) is 0 Å². The number of aryl methyl sites for hydroxylation is 1. The Morgan fingerprint density at radius 2 is 2.04 bits per heavy atom. The van der Waals surface area contributed by atoms with Gasteiger partial charge in [0.1, 0.15) is 0 Å². The van der Waals surface area contributed by atoms with Crippen molar-refractivity contribution >= 4 is 17.7 Å². The highest BCUT2D eigenvalue weighted by molar-refractivity contribution is 5.90. The highest BCUT2D eigenvalue weighted by atomic mass is 16.5. The van der Waals surface area contributed by atoms with Crippen molar-refractivity contribution in [2.45, 2.75) is 39.2 Å². The number of hydrogen-bond acceptors (Lipinski definition) is 3. The number of carbonyl (C=O) groups is 2. The molecule has 0 radical (unpaired) electrons. The fourth-order valence-electron chi connectivity index (χ4n) is 3.52. The van der Waals surface area contributed by atoms with E-state index in [1.807, 2.05) is 49.9 Å². The first kappa shape index (κ1) is 21.0. The van der Waals surface area contributed by atoms with Crippen molar-refractivity contribution in [1.82, 2.24) is 15.1 Å². The number of amides is 4. The van der Waals surface area contributed by atoms with E-state index in [-0.39, 0.29) is 12.1 Å². The van der Waals surface area contributed by atoms with Crippen LogP contribution in [0.3, 0.4) is 0 Å². The summed E-state index contributed by atoms with van der Waals surface area (Å²) in [5.74, 6) is 0. The van der Waals surface area contributed by atoms with Crippen LogP contribution in [0, 0.1) is 6.92 Å². The molecule has 1 aromatic carbocycles. The molecule has 1 aliphatic rings. The molecule has 7 nitrogen and oxygen atoms in total. The molecule has 7 heteroatoms. The summed E-state index contributed by atoms with van der Waals surface area (Å²) in [6.45, 7) is 8.94. The second-order valence-corrected chi connectivity index (χ2v) is 7.10. The topological polar surface area (TPSA) is 73.9 Å². The normalized spacial score (nSPS) is 19.0. The molecule has 27 heavy (non-hydrogen) atoms. The summed E-state index contributed by atoms with van der Waals surface area (Å²) >= 11 is 0. The first-order chi connectivity index (χ1) is 12.9. The predicted octanol–water partition coefficient (Wildman–Crippen LogP) is 3.06. The van der Waals surface area contributed by atoms with E-state index in [9.17, 15) is 9.59 Å². The number of hydrogen-bond donors (Lipinski definition) is 2. The molecule has 1 aromatic rings. The van der Waals surface area contributed by atoms with Crippen LogP contribution in [0.2, 0.25) is 0 Å². The van der Waals surface area contributed by atoms with Crippen LogP contribution in [0.5, 0.6) is 0 Å². The Morgan fingerprint density at radius 1 is 1.30 bits per heavy atom. The largest absolute Gasteiger partial charge is 0.385 e. The summed E-state index contributed by atoms with van der Waals surface area (Å²) in [6, 6.07) is 7.45. The third kappa shape index (κ3) is 5.60. The van der Waals surface area contributed by atoms with Gasteiger partial charge in [0.25, 0.3) is 0 Å². The smallest absolute Gasteiger partial charge is 0.320 e. The van der Waals surface area contributed by atoms with Gasteiger partial charge < -0.3 is 25.2 Å². The fourth-order valence-corrected chi connectivity index (χ4v) is 3.52. The molecule has 1 saturated heterocycles. The average molecular weight is 377 g/mol. The minimum atomic E-state index is -0.479. The lowest BCUT2D eigenvalue weighted by Gasteiger charge is -2.32. The molecular weight excluding hydrogens is 344 g/mol. The van der Waals surface area contributed by atoms with Crippen molar-refractivity contribution in [3.8, 4) is 0 Å². The van der Waals surface area contributed by atoms with Crippen LogP contribution < -0.4 is 10.6 Å². The van der Waals surface area contributed by atoms with Crippen molar-refractivity contribution in [2.24, 2.45) is 0 Å². The highest BCUT2D eigenvalue weighted by Gasteiger charge is 2.41. The Kier molecular flexibility index (Phi) is 7.47. The maximum Gasteiger partial charge on any atom is 0.320 e. The Balaban J connectivity index is 2.05. The van der Waals surface area contributed by atoms with Gasteiger partial charge in [-0.2, -0.15) is 0 Å². The monoisotopic (exact) mass is 376 g/mol. The lowest BCUT2D eigenvalue weighted by molar-refractivity contribution is 0.146. The summed E-state index contributed by atoms with van der Waals surface area (Å²) in [5.41, 5.74) is 1.36. The van der Waals surface area contributed by atoms with E-state index in [0.717, 1.165) is 11.3 Å². The molecule has 0 spiro atoms. The van der Waals surface area contributed by atoms with Crippen molar-refractivity contribution in [3.63, 3.8) is 0 Å². The number of likely N-dealkylation sites (tertiary alicyclic amines) is 1. The average Bonchev–Trinajstić information content (AvgIpc) is 3.05. The molecule has 1 unspecified atom stereocenters. The molecule has 0 bridgehead atoms. The molecule has 2 N–H and O–H groups in total. The van der Waals surface area contributed by atoms with Gasteiger partial charge in [0.05, 0.1) is 5.54 Å². The van der Waals surface area contributed by atoms with Gasteiger partial charge in [-0.1, -0.05) is 12.1 Å². The van der Waals surface area contributed by atoms with Crippen molar-refractivity contribution in [3.05, 3.63) is 29.8 Å². The summed E-state index contributed by atoms with van der Waals surface area (Å²) in [7, 11) is 1.65. The van der Waals surface area contributed by atoms with Crippen LogP contribution in [-0.2, 0) is 4.74 Å². The number of ether oxygens (including phenoxy) is 1. The first-order valence-electron chi connectivity index (χ1n) is 9.61. The Bertz CT molecular complexity index is 648. The molecule has 1 aliphatic heterocycles. The molecular formula is C20H32N4O3. The number of methoxy groups -OCH3 is 1. The van der Waals surface area contributed by atoms with Crippen LogP contribution in [-0.4, -0.2) is 67.3 Å². The van der Waals surface area contributed by atoms with Crippen molar-refractivity contribution in [1.29, 1.82) is 0 Å². The predicted molar refractivity (Wildman–Crippen MR) is 107 cm³/mol. The number of rotatable bonds is 7. The standard InChI is InChI=1S/C20H32N4O3/c1-5-23(6-2)19(26)24-12-10-20(15-24,11-13-27-4)22-18(25)21-17-9-7-8-16(3)14-17/h7-9,14H,5-6,10-13,15H2,1-4H3,(H2,21,22,25). The summed E-state index contributed by atoms with van der Waals surface area (Å²) in [5, 5.41) is 6.01. The van der Waals surface area contributed by atoms with E-state index in [0.29, 0.717) is 45.6 Å². The van der Waals surface area contributed by atoms with E-state index in [2.05, 4.69) is 10.6 Å². The zero-order chi connectivity index (χ0) is 19.9. The van der Waals surface area contributed by atoms with Gasteiger partial charge in [-0.3, -0.25) is 0 Å². The van der Waals surface area contributed by atoms with E-state index in [4.69, 9.17) is 4.74 Å². The Morgan fingerprint density at radius 3 is 2.67 bits per heavy atom. The highest BCUT2D eigenvalue weighted by Crippen LogP contribution is 2.26. The zero-order valence-corrected chi connectivity index (χ0v) is 16.9. The van der Waals surface area contributed by atoms with Crippen molar-refractivity contribution in [2.75, 3.05) is 45.2 Å². The van der Waals surface area contributed by atoms with E-state index in [1.165, 1.54) is 0 Å². The van der Waals surface area contributed by atoms with Crippen LogP contribution >= 0.6 is 0 Å².